The minimum atomic E-state index is -0.258. The van der Waals surface area contributed by atoms with Gasteiger partial charge in [-0.1, -0.05) is 6.92 Å². The van der Waals surface area contributed by atoms with Gasteiger partial charge >= 0.3 is 5.97 Å². The van der Waals surface area contributed by atoms with E-state index in [4.69, 9.17) is 0 Å². The summed E-state index contributed by atoms with van der Waals surface area (Å²) in [5.74, 6) is -0.258. The zero-order chi connectivity index (χ0) is 11.3. The van der Waals surface area contributed by atoms with Crippen molar-refractivity contribution in [3.63, 3.8) is 0 Å². The van der Waals surface area contributed by atoms with Gasteiger partial charge in [0.15, 0.2) is 0 Å². The number of thiazole rings is 1. The van der Waals surface area contributed by atoms with Crippen molar-refractivity contribution in [1.29, 1.82) is 0 Å². The monoisotopic (exact) mass is 228 g/mol. The van der Waals surface area contributed by atoms with Crippen LogP contribution in [-0.4, -0.2) is 24.6 Å². The number of methoxy groups -OCH3 is 1. The maximum Gasteiger partial charge on any atom is 0.319 e. The van der Waals surface area contributed by atoms with Crippen LogP contribution in [0.2, 0.25) is 0 Å². The van der Waals surface area contributed by atoms with Gasteiger partial charge in [-0.25, -0.2) is 4.98 Å². The van der Waals surface area contributed by atoms with Crippen LogP contribution < -0.4 is 5.32 Å². The second-order valence-electron chi connectivity index (χ2n) is 3.45. The smallest absolute Gasteiger partial charge is 0.319 e. The summed E-state index contributed by atoms with van der Waals surface area (Å²) in [6.07, 6.45) is 2.64. The molecule has 1 aromatic heterocycles. The third-order valence-electron chi connectivity index (χ3n) is 2.46. The third-order valence-corrected chi connectivity index (χ3v) is 3.50. The molecule has 0 aliphatic rings. The molecule has 84 valence electrons. The molecule has 5 heteroatoms. The van der Waals surface area contributed by atoms with Crippen molar-refractivity contribution >= 4 is 17.3 Å². The first kappa shape index (κ1) is 12.1. The van der Waals surface area contributed by atoms with Gasteiger partial charge in [0.1, 0.15) is 5.01 Å². The van der Waals surface area contributed by atoms with Crippen LogP contribution in [0.25, 0.3) is 0 Å². The number of hydrogen-bond donors (Lipinski definition) is 1. The van der Waals surface area contributed by atoms with Crippen molar-refractivity contribution in [2.24, 2.45) is 0 Å². The van der Waals surface area contributed by atoms with E-state index in [9.17, 15) is 4.79 Å². The van der Waals surface area contributed by atoms with Gasteiger partial charge in [0.2, 0.25) is 0 Å². The lowest BCUT2D eigenvalue weighted by Gasteiger charge is -2.26. The zero-order valence-electron chi connectivity index (χ0n) is 9.24. The minimum Gasteiger partial charge on any atom is -0.468 e. The maximum absolute atomic E-state index is 11.0. The predicted octanol–water partition coefficient (Wildman–Crippen LogP) is 1.53. The number of aromatic nitrogens is 1. The molecule has 0 bridgehead atoms. The summed E-state index contributed by atoms with van der Waals surface area (Å²) in [4.78, 5) is 15.3. The molecule has 0 amide bonds. The summed E-state index contributed by atoms with van der Waals surface area (Å²) in [7, 11) is 1.39. The predicted molar refractivity (Wildman–Crippen MR) is 59.8 cm³/mol. The van der Waals surface area contributed by atoms with Crippen LogP contribution in [0.1, 0.15) is 25.3 Å². The maximum atomic E-state index is 11.0. The van der Waals surface area contributed by atoms with Crippen molar-refractivity contribution in [3.05, 3.63) is 16.6 Å². The molecular formula is C10H16N2O2S. The van der Waals surface area contributed by atoms with E-state index < -0.39 is 0 Å². The molecule has 0 saturated carbocycles. The van der Waals surface area contributed by atoms with Crippen LogP contribution >= 0.6 is 11.3 Å². The average Bonchev–Trinajstić information content (AvgIpc) is 2.79. The Labute approximate surface area is 93.7 Å². The first-order chi connectivity index (χ1) is 7.12. The van der Waals surface area contributed by atoms with Gasteiger partial charge in [0.25, 0.3) is 0 Å². The number of nitrogens with zero attached hydrogens (tertiary/aromatic N) is 1. The molecule has 1 atom stereocenters. The molecule has 4 nitrogen and oxygen atoms in total. The molecule has 0 spiro atoms. The van der Waals surface area contributed by atoms with Crippen LogP contribution in [-0.2, 0) is 15.1 Å². The number of carbonyl (C=O) groups excluding carboxylic acids is 1. The molecule has 0 aromatic carbocycles. The minimum absolute atomic E-state index is 0.209. The summed E-state index contributed by atoms with van der Waals surface area (Å²) in [6.45, 7) is 4.31. The number of ether oxygens (including phenoxy) is 1. The number of carbonyl (C=O) groups is 1. The van der Waals surface area contributed by atoms with E-state index >= 15 is 0 Å². The van der Waals surface area contributed by atoms with Crippen LogP contribution in [0.4, 0.5) is 0 Å². The van der Waals surface area contributed by atoms with Crippen LogP contribution in [0.5, 0.6) is 0 Å². The van der Waals surface area contributed by atoms with Crippen molar-refractivity contribution < 1.29 is 9.53 Å². The van der Waals surface area contributed by atoms with Gasteiger partial charge in [-0.15, -0.1) is 11.3 Å². The highest BCUT2D eigenvalue weighted by Gasteiger charge is 2.27. The molecular weight excluding hydrogens is 212 g/mol. The fourth-order valence-corrected chi connectivity index (χ4v) is 2.04. The van der Waals surface area contributed by atoms with Gasteiger partial charge in [-0.2, -0.15) is 0 Å². The Hall–Kier alpha value is -0.940. The van der Waals surface area contributed by atoms with Gasteiger partial charge in [0.05, 0.1) is 19.2 Å². The number of hydrogen-bond acceptors (Lipinski definition) is 5. The lowest BCUT2D eigenvalue weighted by molar-refractivity contribution is -0.139. The summed E-state index contributed by atoms with van der Waals surface area (Å²) in [6, 6.07) is 0. The lowest BCUT2D eigenvalue weighted by Crippen LogP contribution is -2.42. The molecule has 0 fully saturated rings. The van der Waals surface area contributed by atoms with E-state index in [1.165, 1.54) is 7.11 Å². The summed E-state index contributed by atoms with van der Waals surface area (Å²) in [5, 5.41) is 6.10. The summed E-state index contributed by atoms with van der Waals surface area (Å²) in [5.41, 5.74) is -0.248. The fourth-order valence-electron chi connectivity index (χ4n) is 1.19. The second-order valence-corrected chi connectivity index (χ2v) is 4.35. The van der Waals surface area contributed by atoms with Gasteiger partial charge < -0.3 is 4.74 Å². The van der Waals surface area contributed by atoms with E-state index in [2.05, 4.69) is 22.0 Å². The highest BCUT2D eigenvalue weighted by atomic mass is 32.1. The fraction of sp³-hybridized carbons (Fsp3) is 0.600. The van der Waals surface area contributed by atoms with E-state index in [1.54, 1.807) is 17.5 Å². The molecule has 0 radical (unpaired) electrons. The van der Waals surface area contributed by atoms with Gasteiger partial charge in [0, 0.05) is 11.6 Å². The first-order valence-corrected chi connectivity index (χ1v) is 5.72. The zero-order valence-corrected chi connectivity index (χ0v) is 10.1. The van der Waals surface area contributed by atoms with E-state index in [-0.39, 0.29) is 18.1 Å². The summed E-state index contributed by atoms with van der Waals surface area (Å²) >= 11 is 1.59. The number of nitrogens with one attached hydrogen (secondary N) is 1. The van der Waals surface area contributed by atoms with E-state index in [1.807, 2.05) is 12.3 Å². The Bertz CT molecular complexity index is 313. The Balaban J connectivity index is 2.65. The van der Waals surface area contributed by atoms with E-state index in [0.29, 0.717) is 0 Å². The second kappa shape index (κ2) is 5.23. The number of rotatable bonds is 5. The SMILES string of the molecule is CC[C@@](C)(NCC(=O)OC)c1nccs1. The first-order valence-electron chi connectivity index (χ1n) is 4.84. The standard InChI is InChI=1S/C10H16N2O2S/c1-4-10(2,9-11-5-6-15-9)12-7-8(13)14-3/h5-6,12H,4,7H2,1-3H3/t10-/m1/s1. The Morgan fingerprint density at radius 1 is 1.73 bits per heavy atom. The van der Waals surface area contributed by atoms with Gasteiger partial charge in [-0.3, -0.25) is 10.1 Å². The normalized spacial score (nSPS) is 14.6. The van der Waals surface area contributed by atoms with Crippen molar-refractivity contribution in [2.45, 2.75) is 25.8 Å². The van der Waals surface area contributed by atoms with E-state index in [0.717, 1.165) is 11.4 Å². The quantitative estimate of drug-likeness (QED) is 0.777. The molecule has 1 heterocycles. The van der Waals surface area contributed by atoms with Crippen molar-refractivity contribution in [1.82, 2.24) is 10.3 Å². The third kappa shape index (κ3) is 3.00. The average molecular weight is 228 g/mol. The van der Waals surface area contributed by atoms with Crippen LogP contribution in [0.3, 0.4) is 0 Å². The molecule has 0 aliphatic heterocycles. The van der Waals surface area contributed by atoms with Crippen molar-refractivity contribution in [2.75, 3.05) is 13.7 Å². The Kier molecular flexibility index (Phi) is 4.23. The Morgan fingerprint density at radius 3 is 2.93 bits per heavy atom. The van der Waals surface area contributed by atoms with Crippen LogP contribution in [0, 0.1) is 0 Å². The summed E-state index contributed by atoms with van der Waals surface area (Å²) < 4.78 is 4.59. The highest BCUT2D eigenvalue weighted by molar-refractivity contribution is 7.09. The lowest BCUT2D eigenvalue weighted by atomic mass is 10.00. The highest BCUT2D eigenvalue weighted by Crippen LogP contribution is 2.25. The topological polar surface area (TPSA) is 51.2 Å². The number of esters is 1. The molecule has 15 heavy (non-hydrogen) atoms. The molecule has 0 unspecified atom stereocenters. The Morgan fingerprint density at radius 2 is 2.47 bits per heavy atom. The molecule has 0 aliphatic carbocycles. The van der Waals surface area contributed by atoms with Crippen LogP contribution in [0.15, 0.2) is 11.6 Å². The van der Waals surface area contributed by atoms with Gasteiger partial charge in [-0.05, 0) is 13.3 Å². The van der Waals surface area contributed by atoms with Crippen molar-refractivity contribution in [3.8, 4) is 0 Å². The largest absolute Gasteiger partial charge is 0.468 e. The molecule has 0 saturated heterocycles. The molecule has 1 rings (SSSR count). The molecule has 1 N–H and O–H groups in total. The molecule has 1 aromatic rings.